The first kappa shape index (κ1) is 27.7. The van der Waals surface area contributed by atoms with Gasteiger partial charge >= 0.3 is 5.97 Å². The van der Waals surface area contributed by atoms with Gasteiger partial charge in [-0.3, -0.25) is 14.5 Å². The molecule has 0 spiro atoms. The van der Waals surface area contributed by atoms with Crippen LogP contribution >= 0.6 is 0 Å². The minimum atomic E-state index is -1.20. The third-order valence-corrected chi connectivity index (χ3v) is 6.23. The Balaban J connectivity index is 1.68. The lowest BCUT2D eigenvalue weighted by Crippen LogP contribution is -2.47. The number of anilines is 1. The van der Waals surface area contributed by atoms with E-state index in [1.807, 2.05) is 0 Å². The van der Waals surface area contributed by atoms with Gasteiger partial charge in [0.15, 0.2) is 6.61 Å². The Morgan fingerprint density at radius 2 is 1.62 bits per heavy atom. The Bertz CT molecular complexity index is 1280. The zero-order valence-electron chi connectivity index (χ0n) is 21.3. The smallest absolute Gasteiger partial charge is 0.337 e. The van der Waals surface area contributed by atoms with E-state index in [0.29, 0.717) is 12.2 Å². The van der Waals surface area contributed by atoms with Crippen molar-refractivity contribution in [2.45, 2.75) is 25.0 Å². The predicted octanol–water partition coefficient (Wildman–Crippen LogP) is 4.20. The maximum atomic E-state index is 13.8. The Hall–Kier alpha value is -4.31. The fourth-order valence-corrected chi connectivity index (χ4v) is 4.24. The molecule has 1 saturated heterocycles. The summed E-state index contributed by atoms with van der Waals surface area (Å²) in [5, 5.41) is 2.86. The van der Waals surface area contributed by atoms with Crippen LogP contribution in [0.1, 0.15) is 34.8 Å². The van der Waals surface area contributed by atoms with Crippen LogP contribution in [0.25, 0.3) is 0 Å². The number of amides is 2. The van der Waals surface area contributed by atoms with Gasteiger partial charge in [-0.2, -0.15) is 0 Å². The number of esters is 1. The molecule has 3 aromatic carbocycles. The highest BCUT2D eigenvalue weighted by Gasteiger charge is 2.34. The van der Waals surface area contributed by atoms with Gasteiger partial charge in [0.1, 0.15) is 23.4 Å². The lowest BCUT2D eigenvalue weighted by atomic mass is 10.0. The van der Waals surface area contributed by atoms with E-state index in [-0.39, 0.29) is 29.6 Å². The molecule has 0 bridgehead atoms. The highest BCUT2D eigenvalue weighted by Crippen LogP contribution is 2.29. The minimum Gasteiger partial charge on any atom is -0.484 e. The van der Waals surface area contributed by atoms with Crippen molar-refractivity contribution in [3.05, 3.63) is 95.6 Å². The number of nitrogens with zero attached hydrogens (tertiary/aromatic N) is 1. The molecular formula is C29H28F2N2O6. The number of ether oxygens (including phenoxy) is 3. The van der Waals surface area contributed by atoms with Crippen LogP contribution in [0.4, 0.5) is 14.5 Å². The molecule has 204 valence electrons. The lowest BCUT2D eigenvalue weighted by Gasteiger charge is -2.32. The van der Waals surface area contributed by atoms with Crippen molar-refractivity contribution in [1.82, 2.24) is 5.32 Å². The number of carbonyl (C=O) groups is 3. The van der Waals surface area contributed by atoms with Gasteiger partial charge in [-0.25, -0.2) is 13.6 Å². The van der Waals surface area contributed by atoms with Gasteiger partial charge in [0.05, 0.1) is 18.8 Å². The summed E-state index contributed by atoms with van der Waals surface area (Å²) in [6.07, 6.45) is 1.54. The van der Waals surface area contributed by atoms with Crippen molar-refractivity contribution in [2.75, 3.05) is 31.8 Å². The van der Waals surface area contributed by atoms with Crippen molar-refractivity contribution < 1.29 is 37.4 Å². The van der Waals surface area contributed by atoms with Crippen molar-refractivity contribution >= 4 is 23.5 Å². The molecule has 3 aromatic rings. The highest BCUT2D eigenvalue weighted by atomic mass is 19.1. The molecule has 4 rings (SSSR count). The molecule has 1 aliphatic rings. The van der Waals surface area contributed by atoms with Crippen LogP contribution in [0.5, 0.6) is 5.75 Å². The van der Waals surface area contributed by atoms with Crippen molar-refractivity contribution in [2.24, 2.45) is 0 Å². The van der Waals surface area contributed by atoms with E-state index in [4.69, 9.17) is 14.2 Å². The van der Waals surface area contributed by atoms with E-state index in [1.165, 1.54) is 72.7 Å². The normalized spacial score (nSPS) is 15.3. The first-order chi connectivity index (χ1) is 18.9. The van der Waals surface area contributed by atoms with Gasteiger partial charge in [0.2, 0.25) is 5.91 Å². The molecule has 0 aliphatic carbocycles. The van der Waals surface area contributed by atoms with Crippen LogP contribution in [0.3, 0.4) is 0 Å². The van der Waals surface area contributed by atoms with Crippen molar-refractivity contribution in [1.29, 1.82) is 0 Å². The third kappa shape index (κ3) is 7.17. The second-order valence-electron chi connectivity index (χ2n) is 8.88. The predicted molar refractivity (Wildman–Crippen MR) is 138 cm³/mol. The fraction of sp³-hybridized carbons (Fsp3) is 0.276. The van der Waals surface area contributed by atoms with E-state index in [1.54, 1.807) is 12.1 Å². The highest BCUT2D eigenvalue weighted by molar-refractivity contribution is 6.02. The number of nitrogens with one attached hydrogen (secondary N) is 1. The number of benzene rings is 3. The second kappa shape index (κ2) is 13.0. The van der Waals surface area contributed by atoms with Crippen molar-refractivity contribution in [3.63, 3.8) is 0 Å². The molecule has 1 aliphatic heterocycles. The molecule has 0 unspecified atom stereocenters. The maximum Gasteiger partial charge on any atom is 0.337 e. The van der Waals surface area contributed by atoms with E-state index in [0.717, 1.165) is 12.8 Å². The van der Waals surface area contributed by atoms with E-state index < -0.39 is 42.1 Å². The Morgan fingerprint density at radius 3 is 2.21 bits per heavy atom. The van der Waals surface area contributed by atoms with Crippen molar-refractivity contribution in [3.8, 4) is 5.75 Å². The van der Waals surface area contributed by atoms with Gasteiger partial charge < -0.3 is 19.5 Å². The van der Waals surface area contributed by atoms with Crippen LogP contribution in [0.15, 0.2) is 72.8 Å². The Labute approximate surface area is 224 Å². The molecule has 10 heteroatoms. The average Bonchev–Trinajstić information content (AvgIpc) is 3.48. The zero-order chi connectivity index (χ0) is 27.8. The number of carbonyl (C=O) groups excluding carboxylic acids is 3. The first-order valence-electron chi connectivity index (χ1n) is 12.4. The standard InChI is InChI=1S/C29H28F2N2O6/c1-37-29(36)20-6-4-19(5-7-20)27(28(35)32-17-25-3-2-16-38-25)33(23-12-8-21(30)9-13-23)26(34)18-39-24-14-10-22(31)11-15-24/h4-15,25,27H,2-3,16-18H2,1H3,(H,32,35)/t25-,27+/m0/s1. The van der Waals surface area contributed by atoms with Gasteiger partial charge in [0, 0.05) is 18.8 Å². The molecule has 1 heterocycles. The van der Waals surface area contributed by atoms with Crippen LogP contribution in [0, 0.1) is 11.6 Å². The van der Waals surface area contributed by atoms with Gasteiger partial charge in [-0.05, 0) is 79.1 Å². The van der Waals surface area contributed by atoms with Gasteiger partial charge in [-0.15, -0.1) is 0 Å². The number of hydrogen-bond acceptors (Lipinski definition) is 6. The van der Waals surface area contributed by atoms with Crippen LogP contribution in [0.2, 0.25) is 0 Å². The summed E-state index contributed by atoms with van der Waals surface area (Å²) in [4.78, 5) is 40.5. The Kier molecular flexibility index (Phi) is 9.22. The van der Waals surface area contributed by atoms with Crippen LogP contribution < -0.4 is 15.0 Å². The Morgan fingerprint density at radius 1 is 0.974 bits per heavy atom. The average molecular weight is 539 g/mol. The zero-order valence-corrected chi connectivity index (χ0v) is 21.3. The number of rotatable bonds is 10. The summed E-state index contributed by atoms with van der Waals surface area (Å²) in [5.41, 5.74) is 0.907. The molecule has 8 nitrogen and oxygen atoms in total. The molecule has 1 fully saturated rings. The summed E-state index contributed by atoms with van der Waals surface area (Å²) in [7, 11) is 1.26. The summed E-state index contributed by atoms with van der Waals surface area (Å²) in [6.45, 7) is 0.367. The van der Waals surface area contributed by atoms with E-state index in [9.17, 15) is 23.2 Å². The number of methoxy groups -OCH3 is 1. The quantitative estimate of drug-likeness (QED) is 0.389. The van der Waals surface area contributed by atoms with Crippen LogP contribution in [-0.2, 0) is 19.1 Å². The van der Waals surface area contributed by atoms with Gasteiger partial charge in [-0.1, -0.05) is 12.1 Å². The minimum absolute atomic E-state index is 0.145. The molecular weight excluding hydrogens is 510 g/mol. The summed E-state index contributed by atoms with van der Waals surface area (Å²) in [6, 6.07) is 15.1. The summed E-state index contributed by atoms with van der Waals surface area (Å²) >= 11 is 0. The largest absolute Gasteiger partial charge is 0.484 e. The fourth-order valence-electron chi connectivity index (χ4n) is 4.24. The van der Waals surface area contributed by atoms with Gasteiger partial charge in [0.25, 0.3) is 5.91 Å². The van der Waals surface area contributed by atoms with E-state index in [2.05, 4.69) is 5.32 Å². The maximum absolute atomic E-state index is 13.8. The topological polar surface area (TPSA) is 94.2 Å². The molecule has 2 amide bonds. The third-order valence-electron chi connectivity index (χ3n) is 6.23. The SMILES string of the molecule is COC(=O)c1ccc([C@H](C(=O)NC[C@@H]2CCCO2)N(C(=O)COc2ccc(F)cc2)c2ccc(F)cc2)cc1. The molecule has 0 saturated carbocycles. The van der Waals surface area contributed by atoms with Crippen LogP contribution in [-0.4, -0.2) is 50.8 Å². The summed E-state index contributed by atoms with van der Waals surface area (Å²) < 4.78 is 43.0. The summed E-state index contributed by atoms with van der Waals surface area (Å²) in [5.74, 6) is -2.39. The number of hydrogen-bond donors (Lipinski definition) is 1. The molecule has 0 aromatic heterocycles. The number of halogens is 2. The molecule has 2 atom stereocenters. The monoisotopic (exact) mass is 538 g/mol. The first-order valence-corrected chi connectivity index (χ1v) is 12.4. The molecule has 0 radical (unpaired) electrons. The molecule has 1 N–H and O–H groups in total. The second-order valence-corrected chi connectivity index (χ2v) is 8.88. The van der Waals surface area contributed by atoms with E-state index >= 15 is 0 Å². The molecule has 39 heavy (non-hydrogen) atoms. The lowest BCUT2D eigenvalue weighted by molar-refractivity contribution is -0.127.